The number of hydrogen-bond donors (Lipinski definition) is 1. The van der Waals surface area contributed by atoms with Gasteiger partial charge in [0.2, 0.25) is 0 Å². The van der Waals surface area contributed by atoms with Crippen molar-refractivity contribution in [1.29, 1.82) is 0 Å². The summed E-state index contributed by atoms with van der Waals surface area (Å²) >= 11 is 0. The van der Waals surface area contributed by atoms with Crippen molar-refractivity contribution in [3.05, 3.63) is 60.2 Å². The van der Waals surface area contributed by atoms with Crippen molar-refractivity contribution in [3.63, 3.8) is 0 Å². The Morgan fingerprint density at radius 3 is 2.67 bits per heavy atom. The highest BCUT2D eigenvalue weighted by Gasteiger charge is 2.20. The fourth-order valence-corrected chi connectivity index (χ4v) is 2.80. The minimum Gasteiger partial charge on any atom is -0.457 e. The van der Waals surface area contributed by atoms with E-state index in [1.165, 1.54) is 12.0 Å². The molecule has 1 aliphatic rings. The molecule has 1 heterocycles. The van der Waals surface area contributed by atoms with Crippen LogP contribution in [0.15, 0.2) is 54.6 Å². The molecule has 110 valence electrons. The lowest BCUT2D eigenvalue weighted by atomic mass is 10.2. The van der Waals surface area contributed by atoms with Crippen molar-refractivity contribution in [3.8, 4) is 11.5 Å². The van der Waals surface area contributed by atoms with Gasteiger partial charge in [0.05, 0.1) is 0 Å². The summed E-state index contributed by atoms with van der Waals surface area (Å²) in [6, 6.07) is 18.9. The maximum atomic E-state index is 5.89. The highest BCUT2D eigenvalue weighted by molar-refractivity contribution is 5.33. The average Bonchev–Trinajstić information content (AvgIpc) is 2.96. The molecule has 1 aliphatic heterocycles. The van der Waals surface area contributed by atoms with Crippen molar-refractivity contribution in [1.82, 2.24) is 10.2 Å². The third-order valence-electron chi connectivity index (χ3n) is 3.96. The van der Waals surface area contributed by atoms with E-state index >= 15 is 0 Å². The zero-order chi connectivity index (χ0) is 14.5. The van der Waals surface area contributed by atoms with E-state index in [0.29, 0.717) is 6.04 Å². The first-order chi connectivity index (χ1) is 10.3. The van der Waals surface area contributed by atoms with E-state index in [0.717, 1.165) is 31.1 Å². The molecule has 3 rings (SSSR count). The summed E-state index contributed by atoms with van der Waals surface area (Å²) < 4.78 is 5.89. The van der Waals surface area contributed by atoms with Crippen molar-refractivity contribution in [2.24, 2.45) is 0 Å². The number of benzene rings is 2. The number of rotatable bonds is 5. The second-order valence-electron chi connectivity index (χ2n) is 5.57. The molecule has 1 fully saturated rings. The third kappa shape index (κ3) is 3.84. The standard InChI is InChI=1S/C18H22N2O/c1-19-16-10-11-20(14-16)13-15-6-5-9-18(12-15)21-17-7-3-2-4-8-17/h2-9,12,16,19H,10-11,13-14H2,1H3. The third-order valence-corrected chi connectivity index (χ3v) is 3.96. The Bertz CT molecular complexity index is 570. The van der Waals surface area contributed by atoms with Crippen LogP contribution in [0.4, 0.5) is 0 Å². The van der Waals surface area contributed by atoms with Crippen LogP contribution in [0.2, 0.25) is 0 Å². The maximum Gasteiger partial charge on any atom is 0.127 e. The van der Waals surface area contributed by atoms with Gasteiger partial charge >= 0.3 is 0 Å². The fraction of sp³-hybridized carbons (Fsp3) is 0.333. The van der Waals surface area contributed by atoms with Crippen molar-refractivity contribution in [2.45, 2.75) is 19.0 Å². The molecule has 0 amide bonds. The molecule has 1 saturated heterocycles. The normalized spacial score (nSPS) is 18.8. The molecule has 0 spiro atoms. The van der Waals surface area contributed by atoms with Gasteiger partial charge in [-0.15, -0.1) is 0 Å². The van der Waals surface area contributed by atoms with Crippen LogP contribution in [0.5, 0.6) is 11.5 Å². The minimum atomic E-state index is 0.633. The summed E-state index contributed by atoms with van der Waals surface area (Å²) in [5.41, 5.74) is 1.31. The van der Waals surface area contributed by atoms with Crippen LogP contribution in [-0.2, 0) is 6.54 Å². The summed E-state index contributed by atoms with van der Waals surface area (Å²) in [4.78, 5) is 2.49. The van der Waals surface area contributed by atoms with Gasteiger partial charge in [-0.1, -0.05) is 30.3 Å². The molecule has 2 aromatic carbocycles. The van der Waals surface area contributed by atoms with Gasteiger partial charge in [-0.25, -0.2) is 0 Å². The summed E-state index contributed by atoms with van der Waals surface area (Å²) in [5, 5.41) is 3.36. The van der Waals surface area contributed by atoms with Crippen molar-refractivity contribution < 1.29 is 4.74 Å². The molecule has 2 aromatic rings. The Balaban J connectivity index is 1.63. The predicted octanol–water partition coefficient (Wildman–Crippen LogP) is 3.27. The Morgan fingerprint density at radius 1 is 1.10 bits per heavy atom. The van der Waals surface area contributed by atoms with E-state index < -0.39 is 0 Å². The van der Waals surface area contributed by atoms with E-state index in [1.807, 2.05) is 43.4 Å². The quantitative estimate of drug-likeness (QED) is 0.911. The Hall–Kier alpha value is -1.84. The molecule has 1 N–H and O–H groups in total. The topological polar surface area (TPSA) is 24.5 Å². The van der Waals surface area contributed by atoms with Crippen LogP contribution >= 0.6 is 0 Å². The lowest BCUT2D eigenvalue weighted by Gasteiger charge is -2.16. The molecule has 0 bridgehead atoms. The zero-order valence-corrected chi connectivity index (χ0v) is 12.5. The van der Waals surface area contributed by atoms with Crippen LogP contribution < -0.4 is 10.1 Å². The molecular weight excluding hydrogens is 260 g/mol. The van der Waals surface area contributed by atoms with Crippen molar-refractivity contribution in [2.75, 3.05) is 20.1 Å². The second kappa shape index (κ2) is 6.74. The molecular formula is C18H22N2O. The largest absolute Gasteiger partial charge is 0.457 e. The molecule has 1 unspecified atom stereocenters. The van der Waals surface area contributed by atoms with Gasteiger partial charge in [-0.05, 0) is 43.3 Å². The van der Waals surface area contributed by atoms with E-state index in [9.17, 15) is 0 Å². The number of nitrogens with one attached hydrogen (secondary N) is 1. The lowest BCUT2D eigenvalue weighted by Crippen LogP contribution is -2.29. The minimum absolute atomic E-state index is 0.633. The number of likely N-dealkylation sites (N-methyl/N-ethyl adjacent to an activating group) is 1. The van der Waals surface area contributed by atoms with E-state index in [-0.39, 0.29) is 0 Å². The Kier molecular flexibility index (Phi) is 4.53. The average molecular weight is 282 g/mol. The highest BCUT2D eigenvalue weighted by atomic mass is 16.5. The van der Waals surface area contributed by atoms with Crippen LogP contribution in [0.25, 0.3) is 0 Å². The molecule has 3 heteroatoms. The van der Waals surface area contributed by atoms with Crippen LogP contribution in [-0.4, -0.2) is 31.1 Å². The molecule has 0 aromatic heterocycles. The van der Waals surface area contributed by atoms with Crippen LogP contribution in [0.1, 0.15) is 12.0 Å². The molecule has 21 heavy (non-hydrogen) atoms. The first kappa shape index (κ1) is 14.1. The number of ether oxygens (including phenoxy) is 1. The molecule has 1 atom stereocenters. The summed E-state index contributed by atoms with van der Waals surface area (Å²) in [6.45, 7) is 3.28. The predicted molar refractivity (Wildman–Crippen MR) is 85.7 cm³/mol. The molecule has 0 radical (unpaired) electrons. The van der Waals surface area contributed by atoms with Gasteiger partial charge in [0.15, 0.2) is 0 Å². The number of hydrogen-bond acceptors (Lipinski definition) is 3. The van der Waals surface area contributed by atoms with E-state index in [1.54, 1.807) is 0 Å². The van der Waals surface area contributed by atoms with Gasteiger partial charge in [0.1, 0.15) is 11.5 Å². The van der Waals surface area contributed by atoms with Crippen LogP contribution in [0, 0.1) is 0 Å². The number of para-hydroxylation sites is 1. The first-order valence-corrected chi connectivity index (χ1v) is 7.55. The van der Waals surface area contributed by atoms with Gasteiger partial charge in [-0.3, -0.25) is 4.90 Å². The van der Waals surface area contributed by atoms with Crippen LogP contribution in [0.3, 0.4) is 0 Å². The zero-order valence-electron chi connectivity index (χ0n) is 12.5. The Labute approximate surface area is 126 Å². The Morgan fingerprint density at radius 2 is 1.90 bits per heavy atom. The molecule has 0 aliphatic carbocycles. The summed E-state index contributed by atoms with van der Waals surface area (Å²) in [7, 11) is 2.04. The fourth-order valence-electron chi connectivity index (χ4n) is 2.80. The van der Waals surface area contributed by atoms with E-state index in [2.05, 4.69) is 28.4 Å². The SMILES string of the molecule is CNC1CCN(Cc2cccc(Oc3ccccc3)c2)C1. The van der Waals surface area contributed by atoms with Gasteiger partial charge < -0.3 is 10.1 Å². The first-order valence-electron chi connectivity index (χ1n) is 7.55. The van der Waals surface area contributed by atoms with E-state index in [4.69, 9.17) is 4.74 Å². The summed E-state index contributed by atoms with van der Waals surface area (Å²) in [5.74, 6) is 1.79. The molecule has 3 nitrogen and oxygen atoms in total. The van der Waals surface area contributed by atoms with Crippen molar-refractivity contribution >= 4 is 0 Å². The molecule has 0 saturated carbocycles. The second-order valence-corrected chi connectivity index (χ2v) is 5.57. The smallest absolute Gasteiger partial charge is 0.127 e. The maximum absolute atomic E-state index is 5.89. The van der Waals surface area contributed by atoms with Gasteiger partial charge in [0.25, 0.3) is 0 Å². The lowest BCUT2D eigenvalue weighted by molar-refractivity contribution is 0.322. The summed E-state index contributed by atoms with van der Waals surface area (Å²) in [6.07, 6.45) is 1.23. The van der Waals surface area contributed by atoms with Gasteiger partial charge in [-0.2, -0.15) is 0 Å². The monoisotopic (exact) mass is 282 g/mol. The highest BCUT2D eigenvalue weighted by Crippen LogP contribution is 2.23. The number of nitrogens with zero attached hydrogens (tertiary/aromatic N) is 1. The van der Waals surface area contributed by atoms with Gasteiger partial charge in [0, 0.05) is 25.7 Å². The number of likely N-dealkylation sites (tertiary alicyclic amines) is 1.